The molecule has 6 heteroatoms. The van der Waals surface area contributed by atoms with Gasteiger partial charge in [-0.1, -0.05) is 6.92 Å². The molecule has 3 amide bonds. The number of piperidine rings is 1. The monoisotopic (exact) mass is 316 g/mol. The molecular formula is C9H19InN3O2. The van der Waals surface area contributed by atoms with Crippen LogP contribution >= 0.6 is 0 Å². The third kappa shape index (κ3) is 2.30. The summed E-state index contributed by atoms with van der Waals surface area (Å²) in [5.74, 6) is -0.166. The zero-order valence-corrected chi connectivity index (χ0v) is 12.2. The molecule has 0 aromatic carbocycles. The van der Waals surface area contributed by atoms with E-state index in [9.17, 15) is 9.59 Å². The fourth-order valence-electron chi connectivity index (χ4n) is 2.23. The summed E-state index contributed by atoms with van der Waals surface area (Å²) in [5, 5.41) is 5.05. The summed E-state index contributed by atoms with van der Waals surface area (Å²) >= 11 is 0. The first-order valence-electron chi connectivity index (χ1n) is 5.02. The molecule has 2 fully saturated rings. The zero-order valence-electron chi connectivity index (χ0n) is 8.88. The molecule has 1 spiro atoms. The van der Waals surface area contributed by atoms with Crippen LogP contribution in [-0.4, -0.2) is 67.9 Å². The summed E-state index contributed by atoms with van der Waals surface area (Å²) in [6, 6.07) is -0.354. The van der Waals surface area contributed by atoms with Crippen molar-refractivity contribution in [2.24, 2.45) is 0 Å². The standard InChI is InChI=1S/C9H15N3O2.In.2H2/c1-2-12-5-3-4-9(6-12)7(13)10-8(14)11-9;;;/h2-6H2,1H3,(H2,10,11,13,14);;2*1H. The fourth-order valence-corrected chi connectivity index (χ4v) is 2.23. The summed E-state index contributed by atoms with van der Waals surface area (Å²) in [5.41, 5.74) is -0.647. The van der Waals surface area contributed by atoms with E-state index >= 15 is 0 Å². The van der Waals surface area contributed by atoms with Crippen molar-refractivity contribution in [1.29, 1.82) is 0 Å². The second kappa shape index (κ2) is 4.74. The van der Waals surface area contributed by atoms with E-state index in [0.29, 0.717) is 6.54 Å². The minimum atomic E-state index is -0.647. The van der Waals surface area contributed by atoms with Gasteiger partial charge >= 0.3 is 6.03 Å². The van der Waals surface area contributed by atoms with Crippen molar-refractivity contribution in [3.63, 3.8) is 0 Å². The number of carbonyl (C=O) groups is 2. The maximum atomic E-state index is 11.6. The van der Waals surface area contributed by atoms with Crippen LogP contribution in [0, 0.1) is 0 Å². The molecular weight excluding hydrogens is 297 g/mol. The molecule has 0 saturated carbocycles. The van der Waals surface area contributed by atoms with Crippen molar-refractivity contribution >= 4 is 37.8 Å². The number of likely N-dealkylation sites (N-methyl/N-ethyl adjacent to an activating group) is 1. The number of hydrogen-bond acceptors (Lipinski definition) is 3. The summed E-state index contributed by atoms with van der Waals surface area (Å²) in [6.45, 7) is 4.64. The van der Waals surface area contributed by atoms with Gasteiger partial charge in [0.15, 0.2) is 0 Å². The van der Waals surface area contributed by atoms with Crippen molar-refractivity contribution in [3.05, 3.63) is 0 Å². The molecule has 5 nitrogen and oxygen atoms in total. The van der Waals surface area contributed by atoms with E-state index in [1.807, 2.05) is 0 Å². The fraction of sp³-hybridized carbons (Fsp3) is 0.778. The molecule has 2 heterocycles. The van der Waals surface area contributed by atoms with Gasteiger partial charge in [0.2, 0.25) is 0 Å². The summed E-state index contributed by atoms with van der Waals surface area (Å²) < 4.78 is 0. The van der Waals surface area contributed by atoms with Crippen molar-refractivity contribution in [2.75, 3.05) is 19.6 Å². The number of amides is 3. The first kappa shape index (κ1) is 12.8. The second-order valence-electron chi connectivity index (χ2n) is 3.96. The zero-order chi connectivity index (χ0) is 10.2. The molecule has 85 valence electrons. The Kier molecular flexibility index (Phi) is 4.06. The molecule has 15 heavy (non-hydrogen) atoms. The van der Waals surface area contributed by atoms with Gasteiger partial charge < -0.3 is 10.2 Å². The number of imide groups is 1. The Balaban J connectivity index is 0. The number of hydrogen-bond donors (Lipinski definition) is 2. The van der Waals surface area contributed by atoms with E-state index < -0.39 is 5.54 Å². The van der Waals surface area contributed by atoms with Crippen LogP contribution in [0.25, 0.3) is 0 Å². The van der Waals surface area contributed by atoms with Gasteiger partial charge in [0.1, 0.15) is 5.54 Å². The summed E-state index contributed by atoms with van der Waals surface area (Å²) in [4.78, 5) is 24.9. The number of rotatable bonds is 1. The summed E-state index contributed by atoms with van der Waals surface area (Å²) in [6.07, 6.45) is 1.71. The SMILES string of the molecule is CCN1CCCC2(C1)NC(=O)NC2=O.[HH].[HH].[In]. The number of likely N-dealkylation sites (tertiary alicyclic amines) is 1. The predicted octanol–water partition coefficient (Wildman–Crippen LogP) is -0.208. The van der Waals surface area contributed by atoms with Crippen molar-refractivity contribution in [1.82, 2.24) is 15.5 Å². The van der Waals surface area contributed by atoms with Gasteiger partial charge in [0, 0.05) is 35.2 Å². The minimum absolute atomic E-state index is 0. The Bertz CT molecular complexity index is 293. The number of urea groups is 1. The average molecular weight is 316 g/mol. The maximum Gasteiger partial charge on any atom is 0.322 e. The Labute approximate surface area is 111 Å². The normalized spacial score (nSPS) is 31.0. The Morgan fingerprint density at radius 3 is 2.80 bits per heavy atom. The van der Waals surface area contributed by atoms with Crippen LogP contribution in [0.4, 0.5) is 4.79 Å². The van der Waals surface area contributed by atoms with E-state index in [1.54, 1.807) is 0 Å². The van der Waals surface area contributed by atoms with E-state index in [2.05, 4.69) is 22.5 Å². The molecule has 2 aliphatic heterocycles. The first-order valence-corrected chi connectivity index (χ1v) is 5.02. The van der Waals surface area contributed by atoms with E-state index in [1.165, 1.54) is 0 Å². The molecule has 1 atom stereocenters. The van der Waals surface area contributed by atoms with E-state index in [0.717, 1.165) is 25.9 Å². The third-order valence-corrected chi connectivity index (χ3v) is 3.03. The molecule has 0 aromatic heterocycles. The topological polar surface area (TPSA) is 61.4 Å². The molecule has 1 unspecified atom stereocenters. The van der Waals surface area contributed by atoms with Crippen LogP contribution in [0.1, 0.15) is 22.6 Å². The number of carbonyl (C=O) groups excluding carboxylic acids is 2. The smallest absolute Gasteiger partial charge is 0.322 e. The van der Waals surface area contributed by atoms with Crippen LogP contribution in [0.3, 0.4) is 0 Å². The Morgan fingerprint density at radius 1 is 1.53 bits per heavy atom. The van der Waals surface area contributed by atoms with Gasteiger partial charge in [-0.25, -0.2) is 4.79 Å². The molecule has 0 aromatic rings. The van der Waals surface area contributed by atoms with Gasteiger partial charge in [0.25, 0.3) is 5.91 Å². The van der Waals surface area contributed by atoms with Crippen LogP contribution in [-0.2, 0) is 4.79 Å². The van der Waals surface area contributed by atoms with Gasteiger partial charge in [-0.15, -0.1) is 0 Å². The average Bonchev–Trinajstić information content (AvgIpc) is 2.42. The van der Waals surface area contributed by atoms with Crippen LogP contribution < -0.4 is 10.6 Å². The van der Waals surface area contributed by atoms with Crippen molar-refractivity contribution in [3.8, 4) is 0 Å². The van der Waals surface area contributed by atoms with Crippen LogP contribution in [0.2, 0.25) is 0 Å². The third-order valence-electron chi connectivity index (χ3n) is 3.03. The number of nitrogens with zero attached hydrogens (tertiary/aromatic N) is 1. The molecule has 2 N–H and O–H groups in total. The first-order chi connectivity index (χ1) is 6.66. The van der Waals surface area contributed by atoms with Gasteiger partial charge in [-0.05, 0) is 25.9 Å². The largest absolute Gasteiger partial charge is 0.322 e. The molecule has 0 aliphatic carbocycles. The minimum Gasteiger partial charge on any atom is -0.322 e. The number of nitrogens with one attached hydrogen (secondary N) is 2. The van der Waals surface area contributed by atoms with Gasteiger partial charge in [-0.3, -0.25) is 10.1 Å². The maximum absolute atomic E-state index is 11.6. The van der Waals surface area contributed by atoms with Crippen LogP contribution in [0.15, 0.2) is 0 Å². The van der Waals surface area contributed by atoms with E-state index in [-0.39, 0.29) is 40.6 Å². The van der Waals surface area contributed by atoms with Crippen molar-refractivity contribution in [2.45, 2.75) is 25.3 Å². The molecule has 0 bridgehead atoms. The van der Waals surface area contributed by atoms with E-state index in [4.69, 9.17) is 0 Å². The van der Waals surface area contributed by atoms with Gasteiger partial charge in [0.05, 0.1) is 0 Å². The Hall–Kier alpha value is -0.230. The molecule has 2 saturated heterocycles. The van der Waals surface area contributed by atoms with Gasteiger partial charge in [-0.2, -0.15) is 0 Å². The summed E-state index contributed by atoms with van der Waals surface area (Å²) in [7, 11) is 0. The molecule has 2 rings (SSSR count). The second-order valence-corrected chi connectivity index (χ2v) is 3.96. The van der Waals surface area contributed by atoms with Crippen LogP contribution in [0.5, 0.6) is 0 Å². The predicted molar refractivity (Wildman–Crippen MR) is 60.7 cm³/mol. The Morgan fingerprint density at radius 2 is 2.27 bits per heavy atom. The molecule has 3 radical (unpaired) electrons. The van der Waals surface area contributed by atoms with Crippen molar-refractivity contribution < 1.29 is 12.4 Å². The quantitative estimate of drug-likeness (QED) is 0.658. The molecule has 2 aliphatic rings.